The number of likely N-dealkylation sites (tertiary alicyclic amines) is 1. The molecule has 0 bridgehead atoms. The van der Waals surface area contributed by atoms with Gasteiger partial charge in [-0.05, 0) is 53.6 Å². The number of halogens is 3. The molecule has 0 spiro atoms. The lowest BCUT2D eigenvalue weighted by molar-refractivity contribution is -0.140. The Bertz CT molecular complexity index is 1350. The number of aromatic nitrogens is 1. The number of carbonyl (C=O) groups excluding carboxylic acids is 2. The van der Waals surface area contributed by atoms with E-state index >= 15 is 0 Å². The Hall–Kier alpha value is -4.14. The maximum absolute atomic E-state index is 13.2. The molecule has 0 radical (unpaired) electrons. The predicted molar refractivity (Wildman–Crippen MR) is 119 cm³/mol. The molecule has 1 amide bonds. The third kappa shape index (κ3) is 4.14. The molecule has 2 aliphatic heterocycles. The molecule has 1 aromatic heterocycles. The topological polar surface area (TPSA) is 79.7 Å². The summed E-state index contributed by atoms with van der Waals surface area (Å²) in [5, 5.41) is 11.2. The van der Waals surface area contributed by atoms with E-state index in [2.05, 4.69) is 4.98 Å². The minimum Gasteiger partial charge on any atom is -0.507 e. The van der Waals surface area contributed by atoms with E-state index in [-0.39, 0.29) is 23.4 Å². The summed E-state index contributed by atoms with van der Waals surface area (Å²) in [5.41, 5.74) is 0.678. The Morgan fingerprint density at radius 3 is 2.66 bits per heavy atom. The molecule has 9 heteroatoms. The van der Waals surface area contributed by atoms with Crippen molar-refractivity contribution in [3.63, 3.8) is 0 Å². The molecule has 5 rings (SSSR count). The number of Topliss-reactive ketones (excluding diaryl/α,β-unsaturated/α-hetero) is 1. The van der Waals surface area contributed by atoms with Crippen molar-refractivity contribution in [1.82, 2.24) is 9.88 Å². The molecule has 178 valence electrons. The summed E-state index contributed by atoms with van der Waals surface area (Å²) in [7, 11) is 0. The Balaban J connectivity index is 1.60. The lowest BCUT2D eigenvalue weighted by Gasteiger charge is -2.25. The van der Waals surface area contributed by atoms with Gasteiger partial charge in [-0.15, -0.1) is 0 Å². The molecule has 3 aromatic rings. The van der Waals surface area contributed by atoms with Crippen LogP contribution < -0.4 is 4.74 Å². The highest BCUT2D eigenvalue weighted by molar-refractivity contribution is 6.46. The molecule has 1 unspecified atom stereocenters. The zero-order valence-corrected chi connectivity index (χ0v) is 18.2. The molecule has 1 atom stereocenters. The zero-order valence-electron chi connectivity index (χ0n) is 18.2. The van der Waals surface area contributed by atoms with Crippen LogP contribution in [0.5, 0.6) is 5.75 Å². The van der Waals surface area contributed by atoms with Crippen LogP contribution in [0, 0.1) is 0 Å². The number of hydrogen-bond acceptors (Lipinski definition) is 5. The molecule has 1 fully saturated rings. The van der Waals surface area contributed by atoms with Gasteiger partial charge in [-0.3, -0.25) is 14.6 Å². The Kier molecular flexibility index (Phi) is 5.55. The molecule has 0 aliphatic carbocycles. The second-order valence-corrected chi connectivity index (χ2v) is 8.30. The first-order valence-electron chi connectivity index (χ1n) is 10.9. The van der Waals surface area contributed by atoms with Gasteiger partial charge in [0.2, 0.25) is 0 Å². The monoisotopic (exact) mass is 480 g/mol. The second-order valence-electron chi connectivity index (χ2n) is 8.30. The van der Waals surface area contributed by atoms with Gasteiger partial charge in [0, 0.05) is 24.7 Å². The third-order valence-electron chi connectivity index (χ3n) is 6.08. The van der Waals surface area contributed by atoms with Crippen LogP contribution in [0.15, 0.2) is 72.4 Å². The van der Waals surface area contributed by atoms with Crippen LogP contribution in [0.4, 0.5) is 13.2 Å². The molecular weight excluding hydrogens is 461 g/mol. The van der Waals surface area contributed by atoms with Crippen LogP contribution in [0.3, 0.4) is 0 Å². The Labute approximate surface area is 198 Å². The first-order valence-corrected chi connectivity index (χ1v) is 10.9. The van der Waals surface area contributed by atoms with Crippen molar-refractivity contribution in [1.29, 1.82) is 0 Å². The fourth-order valence-electron chi connectivity index (χ4n) is 4.42. The van der Waals surface area contributed by atoms with Crippen molar-refractivity contribution in [2.45, 2.75) is 25.2 Å². The number of carbonyl (C=O) groups is 2. The van der Waals surface area contributed by atoms with Crippen LogP contribution in [0.25, 0.3) is 5.76 Å². The van der Waals surface area contributed by atoms with Crippen molar-refractivity contribution < 1.29 is 32.6 Å². The minimum atomic E-state index is -4.55. The number of fused-ring (bicyclic) bond motifs is 1. The highest BCUT2D eigenvalue weighted by Gasteiger charge is 2.47. The van der Waals surface area contributed by atoms with Crippen LogP contribution in [0.1, 0.15) is 34.0 Å². The fourth-order valence-corrected chi connectivity index (χ4v) is 4.42. The van der Waals surface area contributed by atoms with Gasteiger partial charge >= 0.3 is 6.18 Å². The highest BCUT2D eigenvalue weighted by atomic mass is 19.4. The Morgan fingerprint density at radius 2 is 1.91 bits per heavy atom. The van der Waals surface area contributed by atoms with E-state index in [0.29, 0.717) is 30.0 Å². The summed E-state index contributed by atoms with van der Waals surface area (Å²) in [6.07, 6.45) is -2.43. The quantitative estimate of drug-likeness (QED) is 0.334. The number of ether oxygens (including phenoxy) is 1. The number of nitrogens with zero attached hydrogens (tertiary/aromatic N) is 2. The summed E-state index contributed by atoms with van der Waals surface area (Å²) in [5.74, 6) is -1.54. The van der Waals surface area contributed by atoms with Crippen LogP contribution in [-0.2, 0) is 28.7 Å². The number of pyridine rings is 1. The molecule has 35 heavy (non-hydrogen) atoms. The van der Waals surface area contributed by atoms with E-state index in [9.17, 15) is 27.9 Å². The summed E-state index contributed by atoms with van der Waals surface area (Å²) in [6.45, 7) is 0.236. The summed E-state index contributed by atoms with van der Waals surface area (Å²) in [4.78, 5) is 31.6. The van der Waals surface area contributed by atoms with Gasteiger partial charge in [0.1, 0.15) is 17.6 Å². The second kappa shape index (κ2) is 8.57. The van der Waals surface area contributed by atoms with Gasteiger partial charge in [-0.1, -0.05) is 18.2 Å². The largest absolute Gasteiger partial charge is 0.507 e. The summed E-state index contributed by atoms with van der Waals surface area (Å²) in [6, 6.07) is 13.4. The number of benzene rings is 2. The van der Waals surface area contributed by atoms with Crippen molar-refractivity contribution in [3.05, 3.63) is 100 Å². The van der Waals surface area contributed by atoms with E-state index in [1.54, 1.807) is 36.4 Å². The molecular formula is C26H19F3N2O4. The van der Waals surface area contributed by atoms with E-state index in [1.165, 1.54) is 18.3 Å². The van der Waals surface area contributed by atoms with Crippen molar-refractivity contribution in [3.8, 4) is 5.75 Å². The van der Waals surface area contributed by atoms with Crippen molar-refractivity contribution >= 4 is 17.4 Å². The molecule has 2 aromatic carbocycles. The van der Waals surface area contributed by atoms with E-state index in [1.807, 2.05) is 0 Å². The van der Waals surface area contributed by atoms with Gasteiger partial charge in [-0.25, -0.2) is 0 Å². The zero-order chi connectivity index (χ0) is 24.7. The summed E-state index contributed by atoms with van der Waals surface area (Å²) >= 11 is 0. The van der Waals surface area contributed by atoms with Gasteiger partial charge in [-0.2, -0.15) is 13.2 Å². The lowest BCUT2D eigenvalue weighted by atomic mass is 9.97. The van der Waals surface area contributed by atoms with E-state index in [4.69, 9.17) is 4.74 Å². The highest BCUT2D eigenvalue weighted by Crippen LogP contribution is 2.40. The third-order valence-corrected chi connectivity index (χ3v) is 6.08. The minimum absolute atomic E-state index is 0.167. The van der Waals surface area contributed by atoms with E-state index in [0.717, 1.165) is 22.6 Å². The number of aliphatic hydroxyl groups is 1. The smallest absolute Gasteiger partial charge is 0.416 e. The van der Waals surface area contributed by atoms with Gasteiger partial charge in [0.15, 0.2) is 0 Å². The number of ketones is 1. The summed E-state index contributed by atoms with van der Waals surface area (Å²) < 4.78 is 45.1. The normalized spacial score (nSPS) is 19.1. The number of amides is 1. The first-order chi connectivity index (χ1) is 16.7. The molecule has 0 saturated carbocycles. The van der Waals surface area contributed by atoms with Crippen molar-refractivity contribution in [2.75, 3.05) is 6.61 Å². The molecule has 1 N–H and O–H groups in total. The van der Waals surface area contributed by atoms with Crippen LogP contribution >= 0.6 is 0 Å². The molecule has 2 aliphatic rings. The number of aliphatic hydroxyl groups excluding tert-OH is 1. The average molecular weight is 480 g/mol. The van der Waals surface area contributed by atoms with E-state index < -0.39 is 29.5 Å². The number of hydrogen-bond donors (Lipinski definition) is 1. The number of alkyl halides is 3. The van der Waals surface area contributed by atoms with Crippen LogP contribution in [-0.4, -0.2) is 33.3 Å². The van der Waals surface area contributed by atoms with Gasteiger partial charge in [0.25, 0.3) is 11.7 Å². The molecule has 6 nitrogen and oxygen atoms in total. The maximum Gasteiger partial charge on any atom is 0.416 e. The lowest BCUT2D eigenvalue weighted by Crippen LogP contribution is -2.29. The molecule has 3 heterocycles. The maximum atomic E-state index is 13.2. The SMILES string of the molecule is O=C1C(=O)N(Cc2cccc(C(F)(F)F)c2)C(c2ccccn2)/C1=C(/O)c1ccc2c(c1)CCO2. The predicted octanol–water partition coefficient (Wildman–Crippen LogP) is 4.66. The standard InChI is InChI=1S/C26H19F3N2O4/c27-26(28,29)18-5-3-4-15(12-18)14-31-22(19-6-1-2-10-30-19)21(24(33)25(31)34)23(32)17-7-8-20-16(13-17)9-11-35-20/h1-8,10,12-13,22,32H,9,11,14H2/b23-21-. The average Bonchev–Trinajstić information content (AvgIpc) is 3.42. The number of rotatable bonds is 4. The molecule has 1 saturated heterocycles. The van der Waals surface area contributed by atoms with Gasteiger partial charge in [0.05, 0.1) is 23.4 Å². The van der Waals surface area contributed by atoms with Crippen LogP contribution in [0.2, 0.25) is 0 Å². The Morgan fingerprint density at radius 1 is 1.09 bits per heavy atom. The van der Waals surface area contributed by atoms with Crippen molar-refractivity contribution in [2.24, 2.45) is 0 Å². The fraction of sp³-hybridized carbons (Fsp3) is 0.192. The van der Waals surface area contributed by atoms with Gasteiger partial charge < -0.3 is 14.7 Å². The first kappa shape index (κ1) is 22.6.